The molecule has 0 aliphatic carbocycles. The molecule has 0 saturated heterocycles. The summed E-state index contributed by atoms with van der Waals surface area (Å²) in [6, 6.07) is 10.1. The van der Waals surface area contributed by atoms with Crippen LogP contribution in [-0.4, -0.2) is 13.1 Å². The summed E-state index contributed by atoms with van der Waals surface area (Å²) in [6.07, 6.45) is 6.73. The SMILES string of the molecule is CCCNCC(Cc1ccoc1)Cc1ccccc1Cl. The summed E-state index contributed by atoms with van der Waals surface area (Å²) in [5, 5.41) is 4.37. The highest BCUT2D eigenvalue weighted by molar-refractivity contribution is 6.31. The predicted octanol–water partition coefficient (Wildman–Crippen LogP) is 4.33. The number of halogens is 1. The van der Waals surface area contributed by atoms with E-state index in [0.717, 1.165) is 37.4 Å². The Labute approximate surface area is 126 Å². The van der Waals surface area contributed by atoms with Crippen LogP contribution >= 0.6 is 11.6 Å². The summed E-state index contributed by atoms with van der Waals surface area (Å²) >= 11 is 6.27. The zero-order chi connectivity index (χ0) is 14.2. The summed E-state index contributed by atoms with van der Waals surface area (Å²) < 4.78 is 5.17. The van der Waals surface area contributed by atoms with Gasteiger partial charge in [-0.3, -0.25) is 0 Å². The Kier molecular flexibility index (Phi) is 6.16. The van der Waals surface area contributed by atoms with Crippen molar-refractivity contribution in [3.63, 3.8) is 0 Å². The minimum absolute atomic E-state index is 0.527. The number of furan rings is 1. The smallest absolute Gasteiger partial charge is 0.0934 e. The van der Waals surface area contributed by atoms with Gasteiger partial charge in [0.2, 0.25) is 0 Å². The summed E-state index contributed by atoms with van der Waals surface area (Å²) in [6.45, 7) is 4.25. The molecule has 1 heterocycles. The third kappa shape index (κ3) is 4.69. The highest BCUT2D eigenvalue weighted by Gasteiger charge is 2.13. The van der Waals surface area contributed by atoms with Crippen LogP contribution in [0.4, 0.5) is 0 Å². The second kappa shape index (κ2) is 8.13. The molecular formula is C17H22ClNO. The average molecular weight is 292 g/mol. The molecule has 2 nitrogen and oxygen atoms in total. The molecule has 1 aromatic carbocycles. The summed E-state index contributed by atoms with van der Waals surface area (Å²) in [7, 11) is 0. The summed E-state index contributed by atoms with van der Waals surface area (Å²) in [5.41, 5.74) is 2.47. The van der Waals surface area contributed by atoms with E-state index < -0.39 is 0 Å². The third-order valence-corrected chi connectivity index (χ3v) is 3.80. The molecule has 108 valence electrons. The Hall–Kier alpha value is -1.25. The minimum atomic E-state index is 0.527. The fourth-order valence-corrected chi connectivity index (χ4v) is 2.63. The molecule has 0 saturated carbocycles. The zero-order valence-corrected chi connectivity index (χ0v) is 12.7. The lowest BCUT2D eigenvalue weighted by Gasteiger charge is -2.17. The first kappa shape index (κ1) is 15.1. The van der Waals surface area contributed by atoms with Crippen molar-refractivity contribution in [1.82, 2.24) is 5.32 Å². The Morgan fingerprint density at radius 1 is 1.20 bits per heavy atom. The van der Waals surface area contributed by atoms with E-state index in [-0.39, 0.29) is 0 Å². The Morgan fingerprint density at radius 2 is 2.05 bits per heavy atom. The van der Waals surface area contributed by atoms with Crippen molar-refractivity contribution in [3.8, 4) is 0 Å². The van der Waals surface area contributed by atoms with Crippen molar-refractivity contribution in [2.75, 3.05) is 13.1 Å². The maximum Gasteiger partial charge on any atom is 0.0934 e. The molecule has 1 N–H and O–H groups in total. The van der Waals surface area contributed by atoms with Crippen LogP contribution in [0.1, 0.15) is 24.5 Å². The van der Waals surface area contributed by atoms with Crippen LogP contribution in [0.5, 0.6) is 0 Å². The van der Waals surface area contributed by atoms with E-state index in [2.05, 4.69) is 24.4 Å². The standard InChI is InChI=1S/C17H22ClNO/c1-2-8-19-12-15(10-14-7-9-20-13-14)11-16-5-3-4-6-17(16)18/h3-7,9,13,15,19H,2,8,10-12H2,1H3. The van der Waals surface area contributed by atoms with E-state index in [1.165, 1.54) is 11.1 Å². The molecule has 1 aromatic heterocycles. The molecule has 1 atom stereocenters. The summed E-state index contributed by atoms with van der Waals surface area (Å²) in [4.78, 5) is 0. The molecule has 3 heteroatoms. The lowest BCUT2D eigenvalue weighted by Crippen LogP contribution is -2.26. The van der Waals surface area contributed by atoms with Crippen LogP contribution in [-0.2, 0) is 12.8 Å². The number of hydrogen-bond acceptors (Lipinski definition) is 2. The molecule has 0 radical (unpaired) electrons. The van der Waals surface area contributed by atoms with Gasteiger partial charge in [0.15, 0.2) is 0 Å². The van der Waals surface area contributed by atoms with Gasteiger partial charge < -0.3 is 9.73 Å². The van der Waals surface area contributed by atoms with Crippen LogP contribution < -0.4 is 5.32 Å². The lowest BCUT2D eigenvalue weighted by molar-refractivity contribution is 0.467. The Morgan fingerprint density at radius 3 is 2.75 bits per heavy atom. The van der Waals surface area contributed by atoms with Gasteiger partial charge >= 0.3 is 0 Å². The Bertz CT molecular complexity index is 495. The molecule has 0 amide bonds. The van der Waals surface area contributed by atoms with E-state index in [1.54, 1.807) is 6.26 Å². The number of hydrogen-bond donors (Lipinski definition) is 1. The lowest BCUT2D eigenvalue weighted by atomic mass is 9.93. The van der Waals surface area contributed by atoms with Crippen molar-refractivity contribution in [2.24, 2.45) is 5.92 Å². The van der Waals surface area contributed by atoms with Crippen molar-refractivity contribution in [2.45, 2.75) is 26.2 Å². The minimum Gasteiger partial charge on any atom is -0.472 e. The molecule has 0 spiro atoms. The molecule has 0 aliphatic rings. The molecule has 2 rings (SSSR count). The quantitative estimate of drug-likeness (QED) is 0.732. The molecule has 1 unspecified atom stereocenters. The van der Waals surface area contributed by atoms with E-state index in [4.69, 9.17) is 16.0 Å². The van der Waals surface area contributed by atoms with Gasteiger partial charge in [-0.05, 0) is 61.5 Å². The zero-order valence-electron chi connectivity index (χ0n) is 11.9. The molecular weight excluding hydrogens is 270 g/mol. The maximum absolute atomic E-state index is 6.27. The van der Waals surface area contributed by atoms with Crippen molar-refractivity contribution >= 4 is 11.6 Å². The monoisotopic (exact) mass is 291 g/mol. The molecule has 20 heavy (non-hydrogen) atoms. The van der Waals surface area contributed by atoms with Gasteiger partial charge in [0.25, 0.3) is 0 Å². The molecule has 0 fully saturated rings. The normalized spacial score (nSPS) is 12.5. The van der Waals surface area contributed by atoms with Crippen LogP contribution in [0.25, 0.3) is 0 Å². The third-order valence-electron chi connectivity index (χ3n) is 3.43. The first-order valence-electron chi connectivity index (χ1n) is 7.24. The van der Waals surface area contributed by atoms with Gasteiger partial charge in [0.1, 0.15) is 0 Å². The second-order valence-electron chi connectivity index (χ2n) is 5.20. The number of nitrogens with one attached hydrogen (secondary N) is 1. The van der Waals surface area contributed by atoms with Gasteiger partial charge in [-0.25, -0.2) is 0 Å². The van der Waals surface area contributed by atoms with Crippen LogP contribution in [0.3, 0.4) is 0 Å². The predicted molar refractivity (Wildman–Crippen MR) is 84.2 cm³/mol. The van der Waals surface area contributed by atoms with Crippen molar-refractivity contribution in [1.29, 1.82) is 0 Å². The highest BCUT2D eigenvalue weighted by atomic mass is 35.5. The number of benzene rings is 1. The van der Waals surface area contributed by atoms with Crippen molar-refractivity contribution in [3.05, 3.63) is 59.0 Å². The van der Waals surface area contributed by atoms with E-state index in [0.29, 0.717) is 5.92 Å². The van der Waals surface area contributed by atoms with Gasteiger partial charge in [-0.1, -0.05) is 36.7 Å². The van der Waals surface area contributed by atoms with Crippen LogP contribution in [0.2, 0.25) is 5.02 Å². The fraction of sp³-hybridized carbons (Fsp3) is 0.412. The molecule has 2 aromatic rings. The first-order valence-corrected chi connectivity index (χ1v) is 7.62. The van der Waals surface area contributed by atoms with Gasteiger partial charge in [0, 0.05) is 5.02 Å². The van der Waals surface area contributed by atoms with E-state index in [1.807, 2.05) is 24.5 Å². The van der Waals surface area contributed by atoms with Crippen LogP contribution in [0.15, 0.2) is 47.3 Å². The summed E-state index contributed by atoms with van der Waals surface area (Å²) in [5.74, 6) is 0.527. The Balaban J connectivity index is 1.99. The first-order chi connectivity index (χ1) is 9.79. The average Bonchev–Trinajstić information content (AvgIpc) is 2.94. The van der Waals surface area contributed by atoms with Gasteiger partial charge in [-0.2, -0.15) is 0 Å². The van der Waals surface area contributed by atoms with E-state index in [9.17, 15) is 0 Å². The number of rotatable bonds is 8. The second-order valence-corrected chi connectivity index (χ2v) is 5.61. The van der Waals surface area contributed by atoms with E-state index >= 15 is 0 Å². The van der Waals surface area contributed by atoms with Crippen LogP contribution in [0, 0.1) is 5.92 Å². The van der Waals surface area contributed by atoms with Gasteiger partial charge in [-0.15, -0.1) is 0 Å². The topological polar surface area (TPSA) is 25.2 Å². The maximum atomic E-state index is 6.27. The van der Waals surface area contributed by atoms with Gasteiger partial charge in [0.05, 0.1) is 12.5 Å². The highest BCUT2D eigenvalue weighted by Crippen LogP contribution is 2.21. The molecule has 0 aliphatic heterocycles. The fourth-order valence-electron chi connectivity index (χ4n) is 2.42. The van der Waals surface area contributed by atoms with Crippen molar-refractivity contribution < 1.29 is 4.42 Å². The molecule has 0 bridgehead atoms. The largest absolute Gasteiger partial charge is 0.472 e.